The largest absolute Gasteiger partial charge is 0.462 e. The van der Waals surface area contributed by atoms with Crippen LogP contribution in [0.15, 0.2) is 60.8 Å². The van der Waals surface area contributed by atoms with Crippen LogP contribution in [0.25, 0.3) is 0 Å². The van der Waals surface area contributed by atoms with E-state index in [4.69, 9.17) is 14.2 Å². The zero-order valence-corrected chi connectivity index (χ0v) is 42.8. The minimum atomic E-state index is -0.547. The van der Waals surface area contributed by atoms with E-state index in [1.54, 1.807) is 0 Å². The van der Waals surface area contributed by atoms with E-state index in [1.165, 1.54) is 161 Å². The molecule has 0 radical (unpaired) electrons. The third-order valence-corrected chi connectivity index (χ3v) is 12.0. The molecule has 0 N–H and O–H groups in total. The summed E-state index contributed by atoms with van der Waals surface area (Å²) in [6.07, 6.45) is 69.5. The molecule has 0 fully saturated rings. The van der Waals surface area contributed by atoms with Crippen molar-refractivity contribution in [2.24, 2.45) is 0 Å². The zero-order chi connectivity index (χ0) is 46.3. The third kappa shape index (κ3) is 52.2. The summed E-state index contributed by atoms with van der Waals surface area (Å²) in [4.78, 5) is 25.5. The Labute approximate surface area is 398 Å². The van der Waals surface area contributed by atoms with Gasteiger partial charge in [0.05, 0.1) is 6.61 Å². The van der Waals surface area contributed by atoms with Gasteiger partial charge >= 0.3 is 11.9 Å². The molecule has 0 aliphatic heterocycles. The van der Waals surface area contributed by atoms with Crippen LogP contribution in [0.3, 0.4) is 0 Å². The summed E-state index contributed by atoms with van der Waals surface area (Å²) in [5.74, 6) is -0.415. The van der Waals surface area contributed by atoms with Crippen LogP contribution in [0.5, 0.6) is 0 Å². The monoisotopic (exact) mass is 895 g/mol. The minimum absolute atomic E-state index is 0.0758. The molecule has 0 aromatic heterocycles. The number of carbonyl (C=O) groups is 2. The molecule has 0 heterocycles. The number of hydrogen-bond donors (Lipinski definition) is 0. The van der Waals surface area contributed by atoms with Gasteiger partial charge in [-0.3, -0.25) is 9.59 Å². The lowest BCUT2D eigenvalue weighted by atomic mass is 10.0. The third-order valence-electron chi connectivity index (χ3n) is 12.0. The topological polar surface area (TPSA) is 61.8 Å². The van der Waals surface area contributed by atoms with Crippen LogP contribution >= 0.6 is 0 Å². The van der Waals surface area contributed by atoms with E-state index < -0.39 is 6.10 Å². The molecule has 0 spiro atoms. The zero-order valence-electron chi connectivity index (χ0n) is 42.8. The van der Waals surface area contributed by atoms with Gasteiger partial charge in [0.1, 0.15) is 6.61 Å². The van der Waals surface area contributed by atoms with Gasteiger partial charge < -0.3 is 14.2 Å². The highest BCUT2D eigenvalue weighted by molar-refractivity contribution is 5.70. The molecular weight excluding hydrogens is 789 g/mol. The number of unbranched alkanes of at least 4 members (excludes halogenated alkanes) is 30. The minimum Gasteiger partial charge on any atom is -0.462 e. The van der Waals surface area contributed by atoms with Crippen LogP contribution in [0.2, 0.25) is 0 Å². The molecule has 1 atom stereocenters. The molecule has 5 heteroatoms. The highest BCUT2D eigenvalue weighted by atomic mass is 16.6. The molecular formula is C59H106O5. The summed E-state index contributed by atoms with van der Waals surface area (Å²) in [6, 6.07) is 0. The fourth-order valence-corrected chi connectivity index (χ4v) is 7.91. The highest BCUT2D eigenvalue weighted by Crippen LogP contribution is 2.15. The predicted molar refractivity (Wildman–Crippen MR) is 279 cm³/mol. The van der Waals surface area contributed by atoms with Gasteiger partial charge in [0.15, 0.2) is 6.10 Å². The van der Waals surface area contributed by atoms with Gasteiger partial charge in [0.2, 0.25) is 0 Å². The normalized spacial score (nSPS) is 12.6. The Hall–Kier alpha value is -2.40. The summed E-state index contributed by atoms with van der Waals surface area (Å²) in [6.45, 7) is 7.71. The fourth-order valence-electron chi connectivity index (χ4n) is 7.91. The van der Waals surface area contributed by atoms with Crippen LogP contribution in [0, 0.1) is 0 Å². The summed E-state index contributed by atoms with van der Waals surface area (Å²) in [7, 11) is 0. The van der Waals surface area contributed by atoms with Gasteiger partial charge in [-0.25, -0.2) is 0 Å². The molecule has 0 saturated heterocycles. The van der Waals surface area contributed by atoms with Crippen molar-refractivity contribution >= 4 is 11.9 Å². The number of allylic oxidation sites excluding steroid dienone is 10. The van der Waals surface area contributed by atoms with E-state index in [1.807, 2.05) is 0 Å². The Morgan fingerprint density at radius 3 is 1.16 bits per heavy atom. The summed E-state index contributed by atoms with van der Waals surface area (Å²) < 4.78 is 17.4. The Kier molecular flexibility index (Phi) is 52.9. The van der Waals surface area contributed by atoms with E-state index in [2.05, 4.69) is 81.5 Å². The lowest BCUT2D eigenvalue weighted by Crippen LogP contribution is -2.30. The Balaban J connectivity index is 4.28. The Bertz CT molecular complexity index is 1100. The van der Waals surface area contributed by atoms with Gasteiger partial charge in [0, 0.05) is 19.4 Å². The van der Waals surface area contributed by atoms with Crippen molar-refractivity contribution in [2.75, 3.05) is 19.8 Å². The van der Waals surface area contributed by atoms with Gasteiger partial charge in [-0.05, 0) is 83.5 Å². The maximum absolute atomic E-state index is 12.8. The maximum atomic E-state index is 12.8. The number of hydrogen-bond acceptors (Lipinski definition) is 5. The first-order chi connectivity index (χ1) is 31.6. The average Bonchev–Trinajstić information content (AvgIpc) is 3.30. The lowest BCUT2D eigenvalue weighted by Gasteiger charge is -2.18. The number of carbonyl (C=O) groups excluding carboxylic acids is 2. The van der Waals surface area contributed by atoms with E-state index in [-0.39, 0.29) is 25.2 Å². The molecule has 0 amide bonds. The van der Waals surface area contributed by atoms with Crippen molar-refractivity contribution in [2.45, 2.75) is 284 Å². The Morgan fingerprint density at radius 2 is 0.703 bits per heavy atom. The van der Waals surface area contributed by atoms with E-state index >= 15 is 0 Å². The second kappa shape index (κ2) is 54.9. The van der Waals surface area contributed by atoms with Gasteiger partial charge in [-0.15, -0.1) is 0 Å². The lowest BCUT2D eigenvalue weighted by molar-refractivity contribution is -0.163. The number of esters is 2. The average molecular weight is 895 g/mol. The van der Waals surface area contributed by atoms with Crippen molar-refractivity contribution < 1.29 is 23.8 Å². The standard InChI is InChI=1S/C59H106O5/c1-4-7-10-13-16-19-22-25-28-30-32-34-37-40-43-46-49-52-58(60)63-56-57(55-62-54-51-48-45-42-39-36-33-29-26-23-20-17-14-11-8-5-2)64-59(61)53-50-47-44-41-38-35-31-27-24-21-18-15-12-9-6-3/h9,12,16,18-19,21,25,27-28,31,57H,4-8,10-11,13-15,17,20,22-24,26,29-30,32-56H2,1-3H3/b12-9-,19-16-,21-18-,28-25-,31-27-. The van der Waals surface area contributed by atoms with Crippen molar-refractivity contribution in [1.29, 1.82) is 0 Å². The first kappa shape index (κ1) is 61.6. The molecule has 64 heavy (non-hydrogen) atoms. The van der Waals surface area contributed by atoms with Crippen molar-refractivity contribution in [3.05, 3.63) is 60.8 Å². The van der Waals surface area contributed by atoms with Crippen LogP contribution in [-0.2, 0) is 23.8 Å². The molecule has 0 aromatic carbocycles. The van der Waals surface area contributed by atoms with Crippen molar-refractivity contribution in [3.8, 4) is 0 Å². The first-order valence-corrected chi connectivity index (χ1v) is 27.8. The van der Waals surface area contributed by atoms with Gasteiger partial charge in [-0.1, -0.05) is 242 Å². The predicted octanol–water partition coefficient (Wildman–Crippen LogP) is 18.9. The molecule has 5 nitrogen and oxygen atoms in total. The molecule has 0 aromatic rings. The second-order valence-corrected chi connectivity index (χ2v) is 18.5. The molecule has 0 saturated carbocycles. The van der Waals surface area contributed by atoms with E-state index in [9.17, 15) is 9.59 Å². The molecule has 1 unspecified atom stereocenters. The summed E-state index contributed by atoms with van der Waals surface area (Å²) in [5, 5.41) is 0. The smallest absolute Gasteiger partial charge is 0.306 e. The van der Waals surface area contributed by atoms with E-state index in [0.29, 0.717) is 19.4 Å². The number of ether oxygens (including phenoxy) is 3. The van der Waals surface area contributed by atoms with Gasteiger partial charge in [-0.2, -0.15) is 0 Å². The summed E-state index contributed by atoms with van der Waals surface area (Å²) in [5.41, 5.74) is 0. The summed E-state index contributed by atoms with van der Waals surface area (Å²) >= 11 is 0. The van der Waals surface area contributed by atoms with E-state index in [0.717, 1.165) is 83.5 Å². The SMILES string of the molecule is CC/C=C\C/C=C\C/C=C\CCCCCCCC(=O)OC(COCCCCCCCCCCCCCCCCCC)COC(=O)CCCCCCCCC/C=C\C/C=C\CCCCC. The molecule has 0 bridgehead atoms. The maximum Gasteiger partial charge on any atom is 0.306 e. The van der Waals surface area contributed by atoms with Crippen LogP contribution in [0.4, 0.5) is 0 Å². The quantitative estimate of drug-likeness (QED) is 0.0346. The molecule has 0 aliphatic carbocycles. The highest BCUT2D eigenvalue weighted by Gasteiger charge is 2.17. The van der Waals surface area contributed by atoms with Crippen LogP contribution < -0.4 is 0 Å². The Morgan fingerprint density at radius 1 is 0.359 bits per heavy atom. The number of rotatable bonds is 51. The second-order valence-electron chi connectivity index (χ2n) is 18.5. The molecule has 0 rings (SSSR count). The van der Waals surface area contributed by atoms with Crippen molar-refractivity contribution in [3.63, 3.8) is 0 Å². The molecule has 372 valence electrons. The fraction of sp³-hybridized carbons (Fsp3) is 0.797. The van der Waals surface area contributed by atoms with Crippen molar-refractivity contribution in [1.82, 2.24) is 0 Å². The van der Waals surface area contributed by atoms with Crippen LogP contribution in [-0.4, -0.2) is 37.9 Å². The first-order valence-electron chi connectivity index (χ1n) is 27.8. The van der Waals surface area contributed by atoms with Gasteiger partial charge in [0.25, 0.3) is 0 Å². The molecule has 0 aliphatic rings. The van der Waals surface area contributed by atoms with Crippen LogP contribution in [0.1, 0.15) is 278 Å².